The molecule has 0 spiro atoms. The largest absolute Gasteiger partial charge is 0.494 e. The molecule has 3 aromatic carbocycles. The number of anilines is 3. The van der Waals surface area contributed by atoms with E-state index in [1.54, 1.807) is 13.2 Å². The lowest BCUT2D eigenvalue weighted by atomic mass is 9.96. The van der Waals surface area contributed by atoms with Crippen LogP contribution in [0.3, 0.4) is 0 Å². The second-order valence-electron chi connectivity index (χ2n) is 9.95. The number of aryl methyl sites for hydroxylation is 2. The summed E-state index contributed by atoms with van der Waals surface area (Å²) >= 11 is 0. The molecule has 194 valence electrons. The van der Waals surface area contributed by atoms with Crippen molar-refractivity contribution >= 4 is 23.1 Å². The molecule has 0 aromatic heterocycles. The molecule has 2 heterocycles. The minimum absolute atomic E-state index is 0.0852. The first-order chi connectivity index (χ1) is 17.9. The molecule has 37 heavy (non-hydrogen) atoms. The fourth-order valence-corrected chi connectivity index (χ4v) is 5.39. The fourth-order valence-electron chi connectivity index (χ4n) is 5.39. The van der Waals surface area contributed by atoms with Crippen LogP contribution in [0.5, 0.6) is 5.75 Å². The van der Waals surface area contributed by atoms with E-state index in [0.29, 0.717) is 12.3 Å². The monoisotopic (exact) mass is 502 g/mol. The highest BCUT2D eigenvalue weighted by atomic mass is 19.1. The predicted octanol–water partition coefficient (Wildman–Crippen LogP) is 6.01. The van der Waals surface area contributed by atoms with Crippen molar-refractivity contribution in [2.45, 2.75) is 32.7 Å². The first kappa shape index (κ1) is 25.1. The van der Waals surface area contributed by atoms with Gasteiger partial charge in [0.2, 0.25) is 0 Å². The highest BCUT2D eigenvalue weighted by Crippen LogP contribution is 2.34. The third kappa shape index (κ3) is 5.42. The highest BCUT2D eigenvalue weighted by molar-refractivity contribution is 6.02. The first-order valence-corrected chi connectivity index (χ1v) is 13.0. The number of amides is 2. The maximum atomic E-state index is 13.6. The average molecular weight is 503 g/mol. The summed E-state index contributed by atoms with van der Waals surface area (Å²) in [5.74, 6) is 0.290. The third-order valence-corrected chi connectivity index (χ3v) is 7.60. The maximum absolute atomic E-state index is 13.6. The van der Waals surface area contributed by atoms with E-state index in [2.05, 4.69) is 40.2 Å². The van der Waals surface area contributed by atoms with Crippen LogP contribution in [0, 0.1) is 12.7 Å². The lowest BCUT2D eigenvalue weighted by molar-refractivity contribution is 0.198. The van der Waals surface area contributed by atoms with Crippen LogP contribution in [0.1, 0.15) is 36.1 Å². The van der Waals surface area contributed by atoms with E-state index in [0.717, 1.165) is 56.1 Å². The molecule has 1 unspecified atom stereocenters. The van der Waals surface area contributed by atoms with Gasteiger partial charge >= 0.3 is 6.03 Å². The second kappa shape index (κ2) is 10.8. The maximum Gasteiger partial charge on any atom is 0.326 e. The number of carbonyl (C=O) groups excluding carboxylic acids is 1. The summed E-state index contributed by atoms with van der Waals surface area (Å²) in [6.07, 6.45) is 1.92. The number of fused-ring (bicyclic) bond motifs is 1. The molecule has 6 nitrogen and oxygen atoms in total. The smallest absolute Gasteiger partial charge is 0.326 e. The van der Waals surface area contributed by atoms with Gasteiger partial charge in [-0.05, 0) is 68.1 Å². The van der Waals surface area contributed by atoms with Crippen LogP contribution in [-0.2, 0) is 6.42 Å². The van der Waals surface area contributed by atoms with E-state index in [1.807, 2.05) is 36.1 Å². The number of methoxy groups -OCH3 is 1. The van der Waals surface area contributed by atoms with Gasteiger partial charge in [0.25, 0.3) is 0 Å². The standard InChI is InChI=1S/C30H35FN4O2/c1-21-6-10-26(11-7-21)32-30(36)35-14-4-5-24-19-23(8-12-27(24)35)22(2)33-15-17-34(18-16-33)28-13-9-25(31)20-29(28)37-3/h6-13,19-20,22H,4-5,14-18H2,1-3H3,(H,32,36). The van der Waals surface area contributed by atoms with Gasteiger partial charge in [-0.3, -0.25) is 9.80 Å². The molecule has 0 bridgehead atoms. The number of rotatable bonds is 5. The summed E-state index contributed by atoms with van der Waals surface area (Å²) in [6.45, 7) is 8.52. The van der Waals surface area contributed by atoms with Crippen molar-refractivity contribution in [1.82, 2.24) is 4.90 Å². The van der Waals surface area contributed by atoms with E-state index >= 15 is 0 Å². The summed E-state index contributed by atoms with van der Waals surface area (Å²) in [5, 5.41) is 3.04. The molecule has 5 rings (SSSR count). The second-order valence-corrected chi connectivity index (χ2v) is 9.95. The Balaban J connectivity index is 1.25. The van der Waals surface area contributed by atoms with E-state index in [-0.39, 0.29) is 17.9 Å². The molecule has 2 aliphatic rings. The average Bonchev–Trinajstić information content (AvgIpc) is 2.93. The lowest BCUT2D eigenvalue weighted by Crippen LogP contribution is -2.47. The highest BCUT2D eigenvalue weighted by Gasteiger charge is 2.27. The topological polar surface area (TPSA) is 48.1 Å². The number of hydrogen-bond acceptors (Lipinski definition) is 4. The Hall–Kier alpha value is -3.58. The molecule has 0 aliphatic carbocycles. The van der Waals surface area contributed by atoms with Gasteiger partial charge in [-0.15, -0.1) is 0 Å². The number of nitrogens with zero attached hydrogens (tertiary/aromatic N) is 3. The van der Waals surface area contributed by atoms with Crippen LogP contribution in [0.4, 0.5) is 26.2 Å². The van der Waals surface area contributed by atoms with E-state index < -0.39 is 0 Å². The summed E-state index contributed by atoms with van der Waals surface area (Å²) in [4.78, 5) is 19.7. The molecule has 2 amide bonds. The van der Waals surface area contributed by atoms with Gasteiger partial charge in [0.15, 0.2) is 0 Å². The Morgan fingerprint density at radius 3 is 2.41 bits per heavy atom. The molecule has 2 aliphatic heterocycles. The third-order valence-electron chi connectivity index (χ3n) is 7.60. The van der Waals surface area contributed by atoms with Gasteiger partial charge in [0, 0.05) is 56.2 Å². The van der Waals surface area contributed by atoms with Crippen molar-refractivity contribution in [2.24, 2.45) is 0 Å². The van der Waals surface area contributed by atoms with Gasteiger partial charge in [0.1, 0.15) is 11.6 Å². The van der Waals surface area contributed by atoms with Crippen LogP contribution in [0.2, 0.25) is 0 Å². The molecule has 3 aromatic rings. The number of urea groups is 1. The molecule has 1 N–H and O–H groups in total. The van der Waals surface area contributed by atoms with Crippen LogP contribution in [0.25, 0.3) is 0 Å². The quantitative estimate of drug-likeness (QED) is 0.464. The molecule has 0 saturated carbocycles. The van der Waals surface area contributed by atoms with Gasteiger partial charge < -0.3 is 15.0 Å². The number of piperazine rings is 1. The van der Waals surface area contributed by atoms with Crippen molar-refractivity contribution in [1.29, 1.82) is 0 Å². The fraction of sp³-hybridized carbons (Fsp3) is 0.367. The number of nitrogens with one attached hydrogen (secondary N) is 1. The summed E-state index contributed by atoms with van der Waals surface area (Å²) in [7, 11) is 1.58. The zero-order chi connectivity index (χ0) is 25.9. The number of ether oxygens (including phenoxy) is 1. The van der Waals surface area contributed by atoms with Crippen LogP contribution in [-0.4, -0.2) is 50.8 Å². The minimum Gasteiger partial charge on any atom is -0.494 e. The number of benzene rings is 3. The zero-order valence-corrected chi connectivity index (χ0v) is 21.8. The van der Waals surface area contributed by atoms with E-state index in [1.165, 1.54) is 28.8 Å². The molecule has 1 fully saturated rings. The molecule has 1 atom stereocenters. The summed E-state index contributed by atoms with van der Waals surface area (Å²) < 4.78 is 19.0. The van der Waals surface area contributed by atoms with Gasteiger partial charge in [-0.2, -0.15) is 0 Å². The summed E-state index contributed by atoms with van der Waals surface area (Å²) in [5.41, 5.74) is 6.41. The molecular weight excluding hydrogens is 467 g/mol. The lowest BCUT2D eigenvalue weighted by Gasteiger charge is -2.40. The minimum atomic E-state index is -0.286. The number of carbonyl (C=O) groups is 1. The Morgan fingerprint density at radius 1 is 0.946 bits per heavy atom. The predicted molar refractivity (Wildman–Crippen MR) is 147 cm³/mol. The summed E-state index contributed by atoms with van der Waals surface area (Å²) in [6, 6.07) is 19.4. The number of halogens is 1. The number of hydrogen-bond donors (Lipinski definition) is 1. The normalized spacial score (nSPS) is 16.8. The molecule has 7 heteroatoms. The SMILES string of the molecule is COc1cc(F)ccc1N1CCN(C(C)c2ccc3c(c2)CCCN3C(=O)Nc2ccc(C)cc2)CC1. The van der Waals surface area contributed by atoms with Crippen molar-refractivity contribution in [2.75, 3.05) is 55.0 Å². The Kier molecular flexibility index (Phi) is 7.33. The van der Waals surface area contributed by atoms with Crippen LogP contribution < -0.4 is 19.9 Å². The van der Waals surface area contributed by atoms with Crippen molar-refractivity contribution in [3.8, 4) is 5.75 Å². The Morgan fingerprint density at radius 2 is 1.68 bits per heavy atom. The zero-order valence-electron chi connectivity index (χ0n) is 21.8. The van der Waals surface area contributed by atoms with Gasteiger partial charge in [-0.25, -0.2) is 9.18 Å². The van der Waals surface area contributed by atoms with E-state index in [4.69, 9.17) is 4.74 Å². The van der Waals surface area contributed by atoms with Crippen molar-refractivity contribution in [3.63, 3.8) is 0 Å². The Labute approximate surface area is 218 Å². The van der Waals surface area contributed by atoms with Crippen molar-refractivity contribution in [3.05, 3.63) is 83.2 Å². The van der Waals surface area contributed by atoms with Crippen LogP contribution >= 0.6 is 0 Å². The van der Waals surface area contributed by atoms with Crippen molar-refractivity contribution < 1.29 is 13.9 Å². The first-order valence-electron chi connectivity index (χ1n) is 13.0. The molecular formula is C30H35FN4O2. The molecule has 1 saturated heterocycles. The van der Waals surface area contributed by atoms with Crippen LogP contribution in [0.15, 0.2) is 60.7 Å². The van der Waals surface area contributed by atoms with Gasteiger partial charge in [-0.1, -0.05) is 29.8 Å². The Bertz CT molecular complexity index is 1250. The van der Waals surface area contributed by atoms with E-state index in [9.17, 15) is 9.18 Å². The van der Waals surface area contributed by atoms with Gasteiger partial charge in [0.05, 0.1) is 12.8 Å². The molecule has 0 radical (unpaired) electrons.